The van der Waals surface area contributed by atoms with Gasteiger partial charge in [-0.2, -0.15) is 4.98 Å². The Kier molecular flexibility index (Phi) is 5.44. The van der Waals surface area contributed by atoms with E-state index in [1.165, 1.54) is 5.30 Å². The number of benzene rings is 2. The molecule has 0 unspecified atom stereocenters. The van der Waals surface area contributed by atoms with Crippen LogP contribution in [-0.2, 0) is 0 Å². The van der Waals surface area contributed by atoms with Crippen LogP contribution in [0.5, 0.6) is 0 Å². The Morgan fingerprint density at radius 1 is 1.04 bits per heavy atom. The Balaban J connectivity index is 1.61. The van der Waals surface area contributed by atoms with Gasteiger partial charge in [0.05, 0.1) is 21.4 Å². The smallest absolute Gasteiger partial charge is 0.229 e. The minimum absolute atomic E-state index is 0.254. The minimum atomic E-state index is -0.254. The standard InChI is InChI=1S/C20H19ClN5PS/c1-12-23-16-9-8-13(10-18(16)28-12)24-20-22-11-14(21)19(26-20)25-15-6-4-5-7-17(15)27(2)3/h4-11H,1-3H3,(H2,22,24,25,26). The van der Waals surface area contributed by atoms with E-state index in [9.17, 15) is 0 Å². The van der Waals surface area contributed by atoms with E-state index in [2.05, 4.69) is 57.1 Å². The molecule has 4 rings (SSSR count). The van der Waals surface area contributed by atoms with E-state index in [1.54, 1.807) is 17.5 Å². The van der Waals surface area contributed by atoms with Gasteiger partial charge in [-0.1, -0.05) is 37.7 Å². The van der Waals surface area contributed by atoms with Gasteiger partial charge in [-0.05, 0) is 49.8 Å². The number of halogens is 1. The second-order valence-corrected chi connectivity index (χ2v) is 10.4. The van der Waals surface area contributed by atoms with E-state index in [0.717, 1.165) is 26.6 Å². The highest BCUT2D eigenvalue weighted by molar-refractivity contribution is 7.64. The average molecular weight is 428 g/mol. The van der Waals surface area contributed by atoms with E-state index in [4.69, 9.17) is 11.6 Å². The maximum atomic E-state index is 6.35. The molecule has 0 amide bonds. The lowest BCUT2D eigenvalue weighted by Gasteiger charge is -2.15. The largest absolute Gasteiger partial charge is 0.338 e. The molecule has 0 bridgehead atoms. The monoisotopic (exact) mass is 427 g/mol. The lowest BCUT2D eigenvalue weighted by atomic mass is 10.3. The molecular weight excluding hydrogens is 409 g/mol. The molecule has 0 saturated heterocycles. The number of para-hydroxylation sites is 1. The molecule has 0 saturated carbocycles. The van der Waals surface area contributed by atoms with Crippen molar-refractivity contribution in [2.45, 2.75) is 6.92 Å². The van der Waals surface area contributed by atoms with Crippen molar-refractivity contribution in [1.82, 2.24) is 15.0 Å². The predicted molar refractivity (Wildman–Crippen MR) is 123 cm³/mol. The van der Waals surface area contributed by atoms with Crippen molar-refractivity contribution in [3.05, 3.63) is 58.7 Å². The van der Waals surface area contributed by atoms with Crippen LogP contribution in [0.2, 0.25) is 5.02 Å². The van der Waals surface area contributed by atoms with Crippen molar-refractivity contribution < 1.29 is 0 Å². The van der Waals surface area contributed by atoms with Crippen LogP contribution in [-0.4, -0.2) is 28.3 Å². The van der Waals surface area contributed by atoms with Gasteiger partial charge in [0, 0.05) is 11.4 Å². The highest BCUT2D eigenvalue weighted by atomic mass is 35.5. The fourth-order valence-electron chi connectivity index (χ4n) is 2.86. The third kappa shape index (κ3) is 4.09. The van der Waals surface area contributed by atoms with Crippen LogP contribution in [0.3, 0.4) is 0 Å². The summed E-state index contributed by atoms with van der Waals surface area (Å²) in [5.74, 6) is 1.07. The number of fused-ring (bicyclic) bond motifs is 1. The number of rotatable bonds is 5. The van der Waals surface area contributed by atoms with Crippen LogP contribution < -0.4 is 15.9 Å². The number of thiazole rings is 1. The van der Waals surface area contributed by atoms with Crippen molar-refractivity contribution in [3.63, 3.8) is 0 Å². The molecule has 0 radical (unpaired) electrons. The first-order valence-corrected chi connectivity index (χ1v) is 12.1. The van der Waals surface area contributed by atoms with Gasteiger partial charge in [-0.3, -0.25) is 0 Å². The van der Waals surface area contributed by atoms with Gasteiger partial charge < -0.3 is 10.6 Å². The van der Waals surface area contributed by atoms with Crippen LogP contribution in [0.15, 0.2) is 48.7 Å². The van der Waals surface area contributed by atoms with Crippen LogP contribution in [0.4, 0.5) is 23.1 Å². The number of hydrogen-bond acceptors (Lipinski definition) is 6. The minimum Gasteiger partial charge on any atom is -0.338 e. The molecule has 8 heteroatoms. The van der Waals surface area contributed by atoms with E-state index in [-0.39, 0.29) is 7.92 Å². The summed E-state index contributed by atoms with van der Waals surface area (Å²) in [4.78, 5) is 13.4. The van der Waals surface area contributed by atoms with Gasteiger partial charge in [0.15, 0.2) is 5.82 Å². The number of hydrogen-bond donors (Lipinski definition) is 2. The van der Waals surface area contributed by atoms with Gasteiger partial charge >= 0.3 is 0 Å². The summed E-state index contributed by atoms with van der Waals surface area (Å²) in [6.07, 6.45) is 1.61. The topological polar surface area (TPSA) is 62.7 Å². The second-order valence-electron chi connectivity index (χ2n) is 6.47. The summed E-state index contributed by atoms with van der Waals surface area (Å²) >= 11 is 8.01. The third-order valence-corrected chi connectivity index (χ3v) is 6.70. The molecule has 0 atom stereocenters. The first-order chi connectivity index (χ1) is 13.5. The molecule has 0 aliphatic rings. The fraction of sp³-hybridized carbons (Fsp3) is 0.150. The number of anilines is 4. The molecule has 0 fully saturated rings. The van der Waals surface area contributed by atoms with Crippen molar-refractivity contribution in [2.75, 3.05) is 24.0 Å². The molecule has 2 heterocycles. The zero-order valence-corrected chi connectivity index (χ0v) is 18.2. The highest BCUT2D eigenvalue weighted by Crippen LogP contribution is 2.31. The SMILES string of the molecule is Cc1nc2ccc(Nc3ncc(Cl)c(Nc4ccccc4P(C)C)n3)cc2s1. The van der Waals surface area contributed by atoms with Gasteiger partial charge in [0.1, 0.15) is 5.02 Å². The Morgan fingerprint density at radius 2 is 1.86 bits per heavy atom. The first kappa shape index (κ1) is 19.1. The predicted octanol–water partition coefficient (Wildman–Crippen LogP) is 5.90. The zero-order valence-electron chi connectivity index (χ0n) is 15.7. The van der Waals surface area contributed by atoms with Gasteiger partial charge in [-0.15, -0.1) is 11.3 Å². The summed E-state index contributed by atoms with van der Waals surface area (Å²) in [5.41, 5.74) is 2.93. The summed E-state index contributed by atoms with van der Waals surface area (Å²) < 4.78 is 1.13. The van der Waals surface area contributed by atoms with Crippen molar-refractivity contribution >= 4 is 69.5 Å². The fourth-order valence-corrected chi connectivity index (χ4v) is 4.86. The Labute approximate surface area is 174 Å². The molecular formula is C20H19ClN5PS. The normalized spacial score (nSPS) is 11.2. The molecule has 0 aliphatic heterocycles. The molecule has 2 N–H and O–H groups in total. The summed E-state index contributed by atoms with van der Waals surface area (Å²) in [7, 11) is -0.254. The van der Waals surface area contributed by atoms with Gasteiger partial charge in [0.25, 0.3) is 0 Å². The van der Waals surface area contributed by atoms with Crippen LogP contribution in [0, 0.1) is 6.92 Å². The van der Waals surface area contributed by atoms with E-state index in [0.29, 0.717) is 16.8 Å². The quantitative estimate of drug-likeness (QED) is 0.388. The van der Waals surface area contributed by atoms with E-state index < -0.39 is 0 Å². The third-order valence-electron chi connectivity index (χ3n) is 4.13. The van der Waals surface area contributed by atoms with E-state index >= 15 is 0 Å². The van der Waals surface area contributed by atoms with Crippen LogP contribution in [0.1, 0.15) is 5.01 Å². The average Bonchev–Trinajstić information content (AvgIpc) is 3.04. The number of aromatic nitrogens is 3. The molecule has 142 valence electrons. The molecule has 0 spiro atoms. The van der Waals surface area contributed by atoms with Gasteiger partial charge in [0.2, 0.25) is 5.95 Å². The number of aryl methyl sites for hydroxylation is 1. The second kappa shape index (κ2) is 8.00. The van der Waals surface area contributed by atoms with Crippen LogP contribution >= 0.6 is 30.9 Å². The summed E-state index contributed by atoms with van der Waals surface area (Å²) in [6, 6.07) is 14.3. The lowest BCUT2D eigenvalue weighted by molar-refractivity contribution is 1.17. The van der Waals surface area contributed by atoms with Crippen molar-refractivity contribution in [2.24, 2.45) is 0 Å². The number of nitrogens with zero attached hydrogens (tertiary/aromatic N) is 3. The molecule has 2 aromatic carbocycles. The lowest BCUT2D eigenvalue weighted by Crippen LogP contribution is -2.09. The summed E-state index contributed by atoms with van der Waals surface area (Å²) in [5, 5.41) is 9.42. The maximum Gasteiger partial charge on any atom is 0.229 e. The Morgan fingerprint density at radius 3 is 2.68 bits per heavy atom. The van der Waals surface area contributed by atoms with Crippen molar-refractivity contribution in [3.8, 4) is 0 Å². The molecule has 28 heavy (non-hydrogen) atoms. The molecule has 4 aromatic rings. The Hall–Kier alpha value is -2.27. The van der Waals surface area contributed by atoms with Gasteiger partial charge in [-0.25, -0.2) is 9.97 Å². The van der Waals surface area contributed by atoms with Crippen LogP contribution in [0.25, 0.3) is 10.2 Å². The Bertz CT molecular complexity index is 1140. The molecule has 5 nitrogen and oxygen atoms in total. The zero-order chi connectivity index (χ0) is 19.7. The molecule has 0 aliphatic carbocycles. The number of nitrogens with one attached hydrogen (secondary N) is 2. The van der Waals surface area contributed by atoms with Crippen molar-refractivity contribution in [1.29, 1.82) is 0 Å². The summed E-state index contributed by atoms with van der Waals surface area (Å²) in [6.45, 7) is 6.46. The molecule has 2 aromatic heterocycles. The maximum absolute atomic E-state index is 6.35. The van der Waals surface area contributed by atoms with E-state index in [1.807, 2.05) is 31.2 Å². The first-order valence-electron chi connectivity index (χ1n) is 8.70. The highest BCUT2D eigenvalue weighted by Gasteiger charge is 2.11.